The molecule has 1 unspecified atom stereocenters. The molecule has 0 aliphatic rings. The van der Waals surface area contributed by atoms with Crippen molar-refractivity contribution in [3.63, 3.8) is 0 Å². The van der Waals surface area contributed by atoms with E-state index in [1.165, 1.54) is 25.0 Å². The van der Waals surface area contributed by atoms with Gasteiger partial charge >= 0.3 is 0 Å². The van der Waals surface area contributed by atoms with Gasteiger partial charge in [-0.1, -0.05) is 26.8 Å². The van der Waals surface area contributed by atoms with E-state index in [1.807, 2.05) is 0 Å². The lowest BCUT2D eigenvalue weighted by molar-refractivity contribution is 0.447. The van der Waals surface area contributed by atoms with Crippen LogP contribution in [0.3, 0.4) is 0 Å². The molecule has 0 heterocycles. The van der Waals surface area contributed by atoms with Gasteiger partial charge in [-0.05, 0) is 51.6 Å². The average molecular weight is 255 g/mol. The van der Waals surface area contributed by atoms with Crippen molar-refractivity contribution >= 4 is 0 Å². The fourth-order valence-electron chi connectivity index (χ4n) is 1.83. The summed E-state index contributed by atoms with van der Waals surface area (Å²) in [7, 11) is 0. The average Bonchev–Trinajstić information content (AvgIpc) is 2.32. The van der Waals surface area contributed by atoms with Crippen molar-refractivity contribution in [2.45, 2.75) is 58.9 Å². The summed E-state index contributed by atoms with van der Waals surface area (Å²) in [5.74, 6) is 0.587. The highest BCUT2D eigenvalue weighted by Crippen LogP contribution is 2.04. The van der Waals surface area contributed by atoms with Gasteiger partial charge < -0.3 is 16.4 Å². The molecule has 0 aromatic heterocycles. The van der Waals surface area contributed by atoms with E-state index in [1.54, 1.807) is 0 Å². The third kappa shape index (κ3) is 10.6. The van der Waals surface area contributed by atoms with E-state index in [-0.39, 0.29) is 0 Å². The highest BCUT2D eigenvalue weighted by atomic mass is 14.9. The Morgan fingerprint density at radius 3 is 2.50 bits per heavy atom. The Balaban J connectivity index is 3.19. The minimum Gasteiger partial charge on any atom is -0.389 e. The lowest BCUT2D eigenvalue weighted by Gasteiger charge is -2.15. The lowest BCUT2D eigenvalue weighted by Crippen LogP contribution is -2.31. The Hall–Kier alpha value is -0.540. The molecule has 3 heteroatoms. The molecule has 0 bridgehead atoms. The highest BCUT2D eigenvalue weighted by Gasteiger charge is 2.05. The summed E-state index contributed by atoms with van der Waals surface area (Å²) >= 11 is 0. The quantitative estimate of drug-likeness (QED) is 0.470. The molecule has 0 amide bonds. The first-order valence-electron chi connectivity index (χ1n) is 7.45. The number of hydrogen-bond acceptors (Lipinski definition) is 3. The summed E-state index contributed by atoms with van der Waals surface area (Å²) in [6.45, 7) is 13.6. The number of rotatable bonds is 12. The van der Waals surface area contributed by atoms with Gasteiger partial charge in [-0.2, -0.15) is 0 Å². The molecule has 0 saturated heterocycles. The second kappa shape index (κ2) is 11.5. The molecule has 1 atom stereocenters. The van der Waals surface area contributed by atoms with Crippen molar-refractivity contribution in [1.82, 2.24) is 10.6 Å². The Bertz CT molecular complexity index is 202. The zero-order chi connectivity index (χ0) is 13.8. The van der Waals surface area contributed by atoms with Crippen molar-refractivity contribution in [3.8, 4) is 0 Å². The van der Waals surface area contributed by atoms with Gasteiger partial charge in [0.05, 0.1) is 0 Å². The Morgan fingerprint density at radius 1 is 1.17 bits per heavy atom. The summed E-state index contributed by atoms with van der Waals surface area (Å²) in [5, 5.41) is 6.72. The molecule has 18 heavy (non-hydrogen) atoms. The molecule has 0 saturated carbocycles. The second-order valence-corrected chi connectivity index (χ2v) is 5.39. The first-order valence-corrected chi connectivity index (χ1v) is 7.45. The van der Waals surface area contributed by atoms with Crippen molar-refractivity contribution in [2.24, 2.45) is 11.7 Å². The van der Waals surface area contributed by atoms with E-state index >= 15 is 0 Å². The molecule has 0 aromatic rings. The number of allylic oxidation sites excluding steroid dienone is 1. The summed E-state index contributed by atoms with van der Waals surface area (Å²) < 4.78 is 0. The normalized spacial score (nSPS) is 12.7. The first-order chi connectivity index (χ1) is 8.57. The Kier molecular flexibility index (Phi) is 11.2. The number of nitrogens with two attached hydrogens (primary N) is 1. The van der Waals surface area contributed by atoms with Gasteiger partial charge in [-0.15, -0.1) is 0 Å². The minimum absolute atomic E-state index is 0.334. The van der Waals surface area contributed by atoms with Gasteiger partial charge in [-0.25, -0.2) is 0 Å². The summed E-state index contributed by atoms with van der Waals surface area (Å²) in [4.78, 5) is 0. The summed E-state index contributed by atoms with van der Waals surface area (Å²) in [6, 6.07) is 0.334. The molecular weight excluding hydrogens is 222 g/mol. The molecular formula is C15H33N3. The zero-order valence-corrected chi connectivity index (χ0v) is 12.6. The maximum absolute atomic E-state index is 5.98. The topological polar surface area (TPSA) is 50.1 Å². The Labute approximate surface area is 114 Å². The van der Waals surface area contributed by atoms with E-state index in [4.69, 9.17) is 5.73 Å². The fraction of sp³-hybridized carbons (Fsp3) is 0.867. The number of unbranched alkanes of at least 4 members (excludes halogenated alkanes) is 2. The van der Waals surface area contributed by atoms with Crippen LogP contribution in [0.2, 0.25) is 0 Å². The van der Waals surface area contributed by atoms with E-state index in [2.05, 4.69) is 38.0 Å². The molecule has 0 fully saturated rings. The zero-order valence-electron chi connectivity index (χ0n) is 12.6. The van der Waals surface area contributed by atoms with E-state index in [9.17, 15) is 0 Å². The number of hydrogen-bond donors (Lipinski definition) is 3. The van der Waals surface area contributed by atoms with Gasteiger partial charge in [0.15, 0.2) is 0 Å². The van der Waals surface area contributed by atoms with Crippen LogP contribution in [0.4, 0.5) is 0 Å². The van der Waals surface area contributed by atoms with Crippen LogP contribution in [-0.2, 0) is 0 Å². The van der Waals surface area contributed by atoms with Crippen molar-refractivity contribution in [3.05, 3.63) is 12.3 Å². The van der Waals surface area contributed by atoms with Gasteiger partial charge in [0.1, 0.15) is 0 Å². The van der Waals surface area contributed by atoms with E-state index < -0.39 is 0 Å². The molecule has 0 radical (unpaired) electrons. The molecule has 0 rings (SSSR count). The molecule has 3 nitrogen and oxygen atoms in total. The third-order valence-corrected chi connectivity index (χ3v) is 3.27. The van der Waals surface area contributed by atoms with Crippen LogP contribution in [0.15, 0.2) is 12.3 Å². The highest BCUT2D eigenvalue weighted by molar-refractivity contribution is 4.89. The smallest absolute Gasteiger partial charge is 0.0115 e. The molecule has 0 aliphatic heterocycles. The molecule has 108 valence electrons. The van der Waals surface area contributed by atoms with Crippen LogP contribution in [0.5, 0.6) is 0 Å². The van der Waals surface area contributed by atoms with Crippen LogP contribution < -0.4 is 16.4 Å². The van der Waals surface area contributed by atoms with Crippen molar-refractivity contribution < 1.29 is 0 Å². The monoisotopic (exact) mass is 255 g/mol. The van der Waals surface area contributed by atoms with Crippen LogP contribution in [0, 0.1) is 5.92 Å². The van der Waals surface area contributed by atoms with E-state index in [0.29, 0.717) is 12.0 Å². The molecule has 0 spiro atoms. The van der Waals surface area contributed by atoms with Crippen molar-refractivity contribution in [2.75, 3.05) is 19.6 Å². The Morgan fingerprint density at radius 2 is 1.89 bits per heavy atom. The number of nitrogens with one attached hydrogen (secondary N) is 2. The maximum Gasteiger partial charge on any atom is 0.0115 e. The maximum atomic E-state index is 5.98. The van der Waals surface area contributed by atoms with Gasteiger partial charge in [0.2, 0.25) is 0 Å². The minimum atomic E-state index is 0.334. The van der Waals surface area contributed by atoms with Crippen molar-refractivity contribution in [1.29, 1.82) is 0 Å². The standard InChI is InChI=1S/C15H33N3/c1-5-18-14(4)9-7-6-8-11-17-12-10-15(16)13(2)3/h13,15,17-18H,4-12,16H2,1-3H3. The molecule has 0 aromatic carbocycles. The second-order valence-electron chi connectivity index (χ2n) is 5.39. The van der Waals surface area contributed by atoms with Gasteiger partial charge in [0, 0.05) is 18.3 Å². The first kappa shape index (κ1) is 17.5. The predicted molar refractivity (Wildman–Crippen MR) is 81.6 cm³/mol. The fourth-order valence-corrected chi connectivity index (χ4v) is 1.83. The van der Waals surface area contributed by atoms with Crippen LogP contribution >= 0.6 is 0 Å². The summed E-state index contributed by atoms with van der Waals surface area (Å²) in [6.07, 6.45) is 5.93. The van der Waals surface area contributed by atoms with E-state index in [0.717, 1.165) is 32.5 Å². The van der Waals surface area contributed by atoms with Crippen LogP contribution in [0.25, 0.3) is 0 Å². The molecule has 0 aliphatic carbocycles. The largest absolute Gasteiger partial charge is 0.389 e. The lowest BCUT2D eigenvalue weighted by atomic mass is 10.0. The van der Waals surface area contributed by atoms with Gasteiger partial charge in [-0.3, -0.25) is 0 Å². The predicted octanol–water partition coefficient (Wildman–Crippen LogP) is 2.63. The van der Waals surface area contributed by atoms with Crippen LogP contribution in [0.1, 0.15) is 52.9 Å². The third-order valence-electron chi connectivity index (χ3n) is 3.27. The van der Waals surface area contributed by atoms with Gasteiger partial charge in [0.25, 0.3) is 0 Å². The molecule has 4 N–H and O–H groups in total. The van der Waals surface area contributed by atoms with Crippen LogP contribution in [-0.4, -0.2) is 25.7 Å². The summed E-state index contributed by atoms with van der Waals surface area (Å²) in [5.41, 5.74) is 7.16. The SMILES string of the molecule is C=C(CCCCCNCCC(N)C(C)C)NCC.